The van der Waals surface area contributed by atoms with E-state index < -0.39 is 0 Å². The zero-order valence-corrected chi connectivity index (χ0v) is 7.34. The lowest BCUT2D eigenvalue weighted by Gasteiger charge is -2.23. The van der Waals surface area contributed by atoms with Crippen molar-refractivity contribution < 1.29 is 5.21 Å². The molecule has 1 unspecified atom stereocenters. The van der Waals surface area contributed by atoms with Crippen LogP contribution in [0.4, 0.5) is 0 Å². The van der Waals surface area contributed by atoms with Gasteiger partial charge in [-0.25, -0.2) is 0 Å². The largest absolute Gasteiger partial charge is 0.408 e. The number of thioether (sulfide) groups is 1. The van der Waals surface area contributed by atoms with Crippen molar-refractivity contribution in [1.82, 2.24) is 4.90 Å². The van der Waals surface area contributed by atoms with Crippen LogP contribution in [-0.4, -0.2) is 40.7 Å². The van der Waals surface area contributed by atoms with Crippen molar-refractivity contribution >= 4 is 17.7 Å². The van der Waals surface area contributed by atoms with Gasteiger partial charge in [-0.1, -0.05) is 5.16 Å². The maximum atomic E-state index is 8.38. The molecule has 1 aliphatic rings. The Hall–Kier alpha value is -0.580. The second kappa shape index (κ2) is 3.71. The van der Waals surface area contributed by atoms with E-state index in [-0.39, 0.29) is 5.96 Å². The van der Waals surface area contributed by atoms with Crippen LogP contribution in [0.2, 0.25) is 0 Å². The maximum Gasteiger partial charge on any atom is 0.233 e. The molecule has 5 heteroatoms. The molecule has 0 aromatic heterocycles. The lowest BCUT2D eigenvalue weighted by molar-refractivity contribution is 0.294. The summed E-state index contributed by atoms with van der Waals surface area (Å²) in [5, 5.41) is 11.3. The fraction of sp³-hybridized carbons (Fsp3) is 0.833. The monoisotopic (exact) mass is 175 g/mol. The van der Waals surface area contributed by atoms with E-state index in [4.69, 9.17) is 10.9 Å². The summed E-state index contributed by atoms with van der Waals surface area (Å²) in [5.41, 5.74) is 5.41. The summed E-state index contributed by atoms with van der Waals surface area (Å²) in [4.78, 5) is 1.82. The molecule has 1 fully saturated rings. The van der Waals surface area contributed by atoms with Crippen LogP contribution >= 0.6 is 11.8 Å². The predicted molar refractivity (Wildman–Crippen MR) is 46.9 cm³/mol. The van der Waals surface area contributed by atoms with Crippen molar-refractivity contribution in [2.75, 3.05) is 18.6 Å². The molecule has 1 rings (SSSR count). The average Bonchev–Trinajstić information content (AvgIpc) is 2.53. The van der Waals surface area contributed by atoms with Gasteiger partial charge >= 0.3 is 0 Å². The van der Waals surface area contributed by atoms with Crippen molar-refractivity contribution in [1.29, 1.82) is 0 Å². The molecule has 64 valence electrons. The van der Waals surface area contributed by atoms with E-state index in [2.05, 4.69) is 5.16 Å². The van der Waals surface area contributed by atoms with E-state index in [1.54, 1.807) is 0 Å². The zero-order valence-electron chi connectivity index (χ0n) is 6.53. The fourth-order valence-electron chi connectivity index (χ4n) is 1.09. The van der Waals surface area contributed by atoms with Gasteiger partial charge in [0, 0.05) is 18.8 Å². The molecule has 0 aromatic carbocycles. The summed E-state index contributed by atoms with van der Waals surface area (Å²) < 4.78 is 0. The van der Waals surface area contributed by atoms with Crippen LogP contribution in [0.1, 0.15) is 6.42 Å². The van der Waals surface area contributed by atoms with Gasteiger partial charge in [-0.05, 0) is 12.2 Å². The fourth-order valence-corrected chi connectivity index (χ4v) is 2.35. The van der Waals surface area contributed by atoms with E-state index in [0.717, 1.165) is 12.2 Å². The molecular formula is C6H13N3OS. The molecule has 0 amide bonds. The van der Waals surface area contributed by atoms with E-state index >= 15 is 0 Å². The third kappa shape index (κ3) is 1.92. The highest BCUT2D eigenvalue weighted by atomic mass is 32.2. The summed E-state index contributed by atoms with van der Waals surface area (Å²) >= 11 is 1.90. The molecule has 0 radical (unpaired) electrons. The van der Waals surface area contributed by atoms with Crippen LogP contribution < -0.4 is 5.73 Å². The second-order valence-corrected chi connectivity index (χ2v) is 3.74. The Kier molecular flexibility index (Phi) is 2.87. The number of hydrogen-bond acceptors (Lipinski definition) is 3. The third-order valence-electron chi connectivity index (χ3n) is 1.92. The van der Waals surface area contributed by atoms with Gasteiger partial charge < -0.3 is 15.8 Å². The topological polar surface area (TPSA) is 61.8 Å². The Labute approximate surface area is 70.4 Å². The maximum absolute atomic E-state index is 8.38. The number of nitrogens with zero attached hydrogens (tertiary/aromatic N) is 2. The van der Waals surface area contributed by atoms with Crippen LogP contribution in [0.25, 0.3) is 0 Å². The highest BCUT2D eigenvalue weighted by Gasteiger charge is 2.21. The van der Waals surface area contributed by atoms with Gasteiger partial charge in [0.1, 0.15) is 0 Å². The number of rotatable bonds is 1. The molecule has 1 atom stereocenters. The van der Waals surface area contributed by atoms with E-state index in [1.807, 2.05) is 23.7 Å². The van der Waals surface area contributed by atoms with Crippen molar-refractivity contribution in [2.45, 2.75) is 12.5 Å². The SMILES string of the molecule is CN(C(N)=NO)C1CCSC1. The Morgan fingerprint density at radius 2 is 2.55 bits per heavy atom. The van der Waals surface area contributed by atoms with Gasteiger partial charge in [0.2, 0.25) is 5.96 Å². The van der Waals surface area contributed by atoms with Gasteiger partial charge in [0.25, 0.3) is 0 Å². The normalized spacial score (nSPS) is 25.5. The summed E-state index contributed by atoms with van der Waals surface area (Å²) in [6.07, 6.45) is 1.12. The predicted octanol–water partition coefficient (Wildman–Crippen LogP) is 0.128. The molecule has 1 aliphatic heterocycles. The minimum absolute atomic E-state index is 0.206. The van der Waals surface area contributed by atoms with Crippen molar-refractivity contribution in [2.24, 2.45) is 10.9 Å². The molecule has 0 spiro atoms. The third-order valence-corrected chi connectivity index (χ3v) is 3.06. The lowest BCUT2D eigenvalue weighted by Crippen LogP contribution is -2.41. The second-order valence-electron chi connectivity index (χ2n) is 2.59. The first kappa shape index (κ1) is 8.52. The molecule has 4 nitrogen and oxygen atoms in total. The Morgan fingerprint density at radius 1 is 1.82 bits per heavy atom. The first-order valence-corrected chi connectivity index (χ1v) is 4.69. The Bertz CT molecular complexity index is 156. The van der Waals surface area contributed by atoms with E-state index in [0.29, 0.717) is 6.04 Å². The molecule has 1 heterocycles. The van der Waals surface area contributed by atoms with Crippen LogP contribution in [0.3, 0.4) is 0 Å². The molecule has 0 aliphatic carbocycles. The molecule has 0 saturated carbocycles. The van der Waals surface area contributed by atoms with Crippen molar-refractivity contribution in [3.05, 3.63) is 0 Å². The first-order chi connectivity index (χ1) is 5.25. The number of guanidine groups is 1. The Balaban J connectivity index is 2.45. The van der Waals surface area contributed by atoms with Crippen LogP contribution in [0, 0.1) is 0 Å². The van der Waals surface area contributed by atoms with Gasteiger partial charge in [-0.2, -0.15) is 11.8 Å². The van der Waals surface area contributed by atoms with E-state index in [1.165, 1.54) is 5.75 Å². The molecular weight excluding hydrogens is 162 g/mol. The molecule has 0 aromatic rings. The quantitative estimate of drug-likeness (QED) is 0.257. The summed E-state index contributed by atoms with van der Waals surface area (Å²) in [7, 11) is 1.85. The molecule has 0 bridgehead atoms. The lowest BCUT2D eigenvalue weighted by atomic mass is 10.2. The van der Waals surface area contributed by atoms with Gasteiger partial charge in [0.15, 0.2) is 0 Å². The van der Waals surface area contributed by atoms with E-state index in [9.17, 15) is 0 Å². The molecule has 1 saturated heterocycles. The van der Waals surface area contributed by atoms with Crippen molar-refractivity contribution in [3.8, 4) is 0 Å². The summed E-state index contributed by atoms with van der Waals surface area (Å²) in [6.45, 7) is 0. The highest BCUT2D eigenvalue weighted by Crippen LogP contribution is 2.20. The smallest absolute Gasteiger partial charge is 0.233 e. The standard InChI is InChI=1S/C6H13N3OS/c1-9(6(7)8-10)5-2-3-11-4-5/h5,10H,2-4H2,1H3,(H2,7,8). The minimum atomic E-state index is 0.206. The van der Waals surface area contributed by atoms with Gasteiger partial charge in [0.05, 0.1) is 0 Å². The first-order valence-electron chi connectivity index (χ1n) is 3.54. The number of hydrogen-bond donors (Lipinski definition) is 2. The van der Waals surface area contributed by atoms with Crippen LogP contribution in [-0.2, 0) is 0 Å². The Morgan fingerprint density at radius 3 is 3.00 bits per heavy atom. The number of nitrogens with two attached hydrogens (primary N) is 1. The summed E-state index contributed by atoms with van der Waals surface area (Å²) in [5.74, 6) is 2.46. The average molecular weight is 175 g/mol. The number of oxime groups is 1. The zero-order chi connectivity index (χ0) is 8.27. The minimum Gasteiger partial charge on any atom is -0.408 e. The van der Waals surface area contributed by atoms with Gasteiger partial charge in [-0.15, -0.1) is 0 Å². The molecule has 11 heavy (non-hydrogen) atoms. The van der Waals surface area contributed by atoms with Gasteiger partial charge in [-0.3, -0.25) is 0 Å². The van der Waals surface area contributed by atoms with Crippen molar-refractivity contribution in [3.63, 3.8) is 0 Å². The molecule has 3 N–H and O–H groups in total. The highest BCUT2D eigenvalue weighted by molar-refractivity contribution is 7.99. The van der Waals surface area contributed by atoms with Crippen LogP contribution in [0.5, 0.6) is 0 Å². The summed E-state index contributed by atoms with van der Waals surface area (Å²) in [6, 6.07) is 0.441. The van der Waals surface area contributed by atoms with Crippen LogP contribution in [0.15, 0.2) is 5.16 Å².